The fraction of sp³-hybridized carbons (Fsp3) is 0.300. The molecule has 1 fully saturated rings. The van der Waals surface area contributed by atoms with E-state index in [0.717, 1.165) is 42.7 Å². The largest absolute Gasteiger partial charge is 0.332 e. The van der Waals surface area contributed by atoms with Crippen molar-refractivity contribution in [3.63, 3.8) is 0 Å². The lowest BCUT2D eigenvalue weighted by Gasteiger charge is -2.36. The second-order valence-electron chi connectivity index (χ2n) is 6.63. The van der Waals surface area contributed by atoms with E-state index in [9.17, 15) is 9.18 Å². The molecule has 1 atom stereocenters. The molecule has 1 aliphatic rings. The number of likely N-dealkylation sites (tertiary alicyclic amines) is 1. The van der Waals surface area contributed by atoms with Gasteiger partial charge < -0.3 is 9.30 Å². The number of aromatic nitrogens is 2. The van der Waals surface area contributed by atoms with Crippen LogP contribution in [0.1, 0.15) is 46.9 Å². The van der Waals surface area contributed by atoms with Crippen LogP contribution < -0.4 is 0 Å². The van der Waals surface area contributed by atoms with Crippen molar-refractivity contribution in [1.82, 2.24) is 14.3 Å². The molecule has 25 heavy (non-hydrogen) atoms. The molecule has 128 valence electrons. The number of nitrogens with zero attached hydrogens (tertiary/aromatic N) is 3. The molecule has 4 rings (SSSR count). The summed E-state index contributed by atoms with van der Waals surface area (Å²) < 4.78 is 15.1. The fourth-order valence-corrected chi connectivity index (χ4v) is 3.62. The number of benzene rings is 1. The number of fused-ring (bicyclic) bond motifs is 1. The van der Waals surface area contributed by atoms with Crippen LogP contribution in [0.3, 0.4) is 0 Å². The van der Waals surface area contributed by atoms with Gasteiger partial charge in [-0.15, -0.1) is 0 Å². The number of hydrogen-bond acceptors (Lipinski definition) is 2. The molecule has 0 saturated carbocycles. The van der Waals surface area contributed by atoms with Crippen LogP contribution >= 0.6 is 0 Å². The highest BCUT2D eigenvalue weighted by atomic mass is 19.1. The molecule has 0 aliphatic carbocycles. The van der Waals surface area contributed by atoms with Crippen molar-refractivity contribution in [3.8, 4) is 0 Å². The van der Waals surface area contributed by atoms with Gasteiger partial charge in [-0.05, 0) is 56.0 Å². The van der Waals surface area contributed by atoms with Crippen LogP contribution in [0.5, 0.6) is 0 Å². The molecule has 1 amide bonds. The summed E-state index contributed by atoms with van der Waals surface area (Å²) in [5.41, 5.74) is 3.41. The predicted molar refractivity (Wildman–Crippen MR) is 94.0 cm³/mol. The summed E-state index contributed by atoms with van der Waals surface area (Å²) in [6, 6.07) is 10.2. The zero-order valence-electron chi connectivity index (χ0n) is 14.2. The number of rotatable bonds is 2. The highest BCUT2D eigenvalue weighted by Crippen LogP contribution is 2.32. The van der Waals surface area contributed by atoms with E-state index in [2.05, 4.69) is 4.98 Å². The van der Waals surface area contributed by atoms with E-state index in [-0.39, 0.29) is 17.8 Å². The molecule has 1 aliphatic heterocycles. The lowest BCUT2D eigenvalue weighted by Crippen LogP contribution is -2.38. The molecule has 4 nitrogen and oxygen atoms in total. The molecule has 2 aromatic heterocycles. The molecular formula is C20H20FN3O. The van der Waals surface area contributed by atoms with Gasteiger partial charge in [0.15, 0.2) is 0 Å². The van der Waals surface area contributed by atoms with Crippen LogP contribution in [0, 0.1) is 12.7 Å². The van der Waals surface area contributed by atoms with Crippen molar-refractivity contribution in [3.05, 3.63) is 71.4 Å². The van der Waals surface area contributed by atoms with Gasteiger partial charge in [0.05, 0.1) is 17.3 Å². The number of aryl methyl sites for hydroxylation is 1. The average Bonchev–Trinajstić information content (AvgIpc) is 3.01. The van der Waals surface area contributed by atoms with Crippen LogP contribution in [-0.4, -0.2) is 26.7 Å². The van der Waals surface area contributed by atoms with E-state index in [1.165, 1.54) is 12.1 Å². The molecule has 3 aromatic rings. The van der Waals surface area contributed by atoms with Crippen LogP contribution in [0.2, 0.25) is 0 Å². The summed E-state index contributed by atoms with van der Waals surface area (Å²) >= 11 is 0. The van der Waals surface area contributed by atoms with Crippen molar-refractivity contribution in [2.24, 2.45) is 0 Å². The zero-order chi connectivity index (χ0) is 17.4. The summed E-state index contributed by atoms with van der Waals surface area (Å²) in [7, 11) is 0. The molecule has 0 bridgehead atoms. The van der Waals surface area contributed by atoms with Gasteiger partial charge in [-0.25, -0.2) is 9.37 Å². The first kappa shape index (κ1) is 15.8. The first-order valence-corrected chi connectivity index (χ1v) is 8.63. The molecule has 3 heterocycles. The monoisotopic (exact) mass is 337 g/mol. The van der Waals surface area contributed by atoms with Gasteiger partial charge in [-0.1, -0.05) is 12.1 Å². The quantitative estimate of drug-likeness (QED) is 0.704. The third kappa shape index (κ3) is 3.02. The van der Waals surface area contributed by atoms with Gasteiger partial charge >= 0.3 is 0 Å². The zero-order valence-corrected chi connectivity index (χ0v) is 14.2. The summed E-state index contributed by atoms with van der Waals surface area (Å²) in [4.78, 5) is 19.4. The summed E-state index contributed by atoms with van der Waals surface area (Å²) in [6.45, 7) is 2.66. The highest BCUT2D eigenvalue weighted by molar-refractivity contribution is 5.94. The van der Waals surface area contributed by atoms with Crippen LogP contribution in [0.25, 0.3) is 5.65 Å². The van der Waals surface area contributed by atoms with Crippen LogP contribution in [-0.2, 0) is 0 Å². The Morgan fingerprint density at radius 1 is 1.12 bits per heavy atom. The number of piperidine rings is 1. The van der Waals surface area contributed by atoms with E-state index in [1.807, 2.05) is 40.8 Å². The Hall–Kier alpha value is -2.69. The number of carbonyl (C=O) groups excluding carboxylic acids is 1. The average molecular weight is 337 g/mol. The topological polar surface area (TPSA) is 37.6 Å². The van der Waals surface area contributed by atoms with Crippen molar-refractivity contribution in [2.45, 2.75) is 32.2 Å². The minimum Gasteiger partial charge on any atom is -0.332 e. The third-order valence-corrected chi connectivity index (χ3v) is 4.84. The van der Waals surface area contributed by atoms with E-state index in [4.69, 9.17) is 0 Å². The molecule has 1 saturated heterocycles. The Bertz CT molecular complexity index is 916. The maximum absolute atomic E-state index is 13.2. The molecule has 0 N–H and O–H groups in total. The second-order valence-corrected chi connectivity index (χ2v) is 6.63. The summed E-state index contributed by atoms with van der Waals surface area (Å²) in [5, 5.41) is 0. The van der Waals surface area contributed by atoms with E-state index >= 15 is 0 Å². The number of amides is 1. The summed E-state index contributed by atoms with van der Waals surface area (Å²) in [6.07, 6.45) is 6.74. The van der Waals surface area contributed by atoms with Gasteiger partial charge in [-0.3, -0.25) is 4.79 Å². The molecule has 1 unspecified atom stereocenters. The van der Waals surface area contributed by atoms with Crippen LogP contribution in [0.4, 0.5) is 4.39 Å². The SMILES string of the molecule is Cc1cn2cc(C(=O)N3CCCCC3c3ccc(F)cc3)ccc2n1. The van der Waals surface area contributed by atoms with E-state index in [0.29, 0.717) is 5.56 Å². The predicted octanol–water partition coefficient (Wildman–Crippen LogP) is 4.15. The number of halogens is 1. The van der Waals surface area contributed by atoms with Gasteiger partial charge in [0.2, 0.25) is 0 Å². The molecule has 0 spiro atoms. The molecule has 1 aromatic carbocycles. The molecular weight excluding hydrogens is 317 g/mol. The van der Waals surface area contributed by atoms with E-state index in [1.54, 1.807) is 12.1 Å². The first-order chi connectivity index (χ1) is 12.1. The fourth-order valence-electron chi connectivity index (χ4n) is 3.62. The third-order valence-electron chi connectivity index (χ3n) is 4.84. The normalized spacial score (nSPS) is 17.8. The minimum absolute atomic E-state index is 0.00192. The van der Waals surface area contributed by atoms with Gasteiger partial charge in [0.1, 0.15) is 11.5 Å². The Morgan fingerprint density at radius 3 is 2.72 bits per heavy atom. The standard InChI is InChI=1S/C20H20FN3O/c1-14-12-23-13-16(7-10-19(23)22-14)20(25)24-11-3-2-4-18(24)15-5-8-17(21)9-6-15/h5-10,12-13,18H,2-4,11H2,1H3. The van der Waals surface area contributed by atoms with Crippen molar-refractivity contribution >= 4 is 11.6 Å². The number of imidazole rings is 1. The van der Waals surface area contributed by atoms with Crippen molar-refractivity contribution in [1.29, 1.82) is 0 Å². The number of hydrogen-bond donors (Lipinski definition) is 0. The maximum Gasteiger partial charge on any atom is 0.255 e. The molecule has 0 radical (unpaired) electrons. The maximum atomic E-state index is 13.2. The molecule has 5 heteroatoms. The highest BCUT2D eigenvalue weighted by Gasteiger charge is 2.28. The smallest absolute Gasteiger partial charge is 0.255 e. The van der Waals surface area contributed by atoms with Gasteiger partial charge in [0.25, 0.3) is 5.91 Å². The Kier molecular flexibility index (Phi) is 3.99. The van der Waals surface area contributed by atoms with E-state index < -0.39 is 0 Å². The number of carbonyl (C=O) groups is 1. The van der Waals surface area contributed by atoms with Gasteiger partial charge in [-0.2, -0.15) is 0 Å². The van der Waals surface area contributed by atoms with Crippen molar-refractivity contribution < 1.29 is 9.18 Å². The Labute approximate surface area is 145 Å². The number of pyridine rings is 1. The lowest BCUT2D eigenvalue weighted by molar-refractivity contribution is 0.0611. The first-order valence-electron chi connectivity index (χ1n) is 8.63. The van der Waals surface area contributed by atoms with Crippen molar-refractivity contribution in [2.75, 3.05) is 6.54 Å². The lowest BCUT2D eigenvalue weighted by atomic mass is 9.94. The Morgan fingerprint density at radius 2 is 1.92 bits per heavy atom. The minimum atomic E-state index is -0.252. The summed E-state index contributed by atoms with van der Waals surface area (Å²) in [5.74, 6) is -0.236. The van der Waals surface area contributed by atoms with Gasteiger partial charge in [0, 0.05) is 18.9 Å². The Balaban J connectivity index is 1.66. The van der Waals surface area contributed by atoms with Crippen LogP contribution in [0.15, 0.2) is 48.8 Å². The second kappa shape index (κ2) is 6.31.